The van der Waals surface area contributed by atoms with Crippen molar-refractivity contribution in [2.75, 3.05) is 25.1 Å². The molecule has 0 unspecified atom stereocenters. The van der Waals surface area contributed by atoms with Crippen LogP contribution in [0.5, 0.6) is 0 Å². The van der Waals surface area contributed by atoms with Crippen LogP contribution >= 0.6 is 11.6 Å². The summed E-state index contributed by atoms with van der Waals surface area (Å²) < 4.78 is 0. The number of nitrogens with zero attached hydrogens (tertiary/aromatic N) is 1. The fraction of sp³-hybridized carbons (Fsp3) is 0.538. The highest BCUT2D eigenvalue weighted by Crippen LogP contribution is 2.37. The van der Waals surface area contributed by atoms with Gasteiger partial charge in [-0.3, -0.25) is 0 Å². The predicted molar refractivity (Wildman–Crippen MR) is 71.7 cm³/mol. The van der Waals surface area contributed by atoms with Crippen molar-refractivity contribution in [3.8, 4) is 0 Å². The van der Waals surface area contributed by atoms with Gasteiger partial charge in [-0.2, -0.15) is 0 Å². The van der Waals surface area contributed by atoms with E-state index in [1.165, 1.54) is 18.4 Å². The molecule has 94 valence electrons. The lowest BCUT2D eigenvalue weighted by Crippen LogP contribution is -2.30. The quantitative estimate of drug-likeness (QED) is 0.815. The van der Waals surface area contributed by atoms with Gasteiger partial charge < -0.3 is 15.3 Å². The molecule has 1 aliphatic rings. The molecule has 4 heteroatoms. The van der Waals surface area contributed by atoms with Gasteiger partial charge in [-0.15, -0.1) is 0 Å². The van der Waals surface area contributed by atoms with Crippen LogP contribution in [-0.4, -0.2) is 31.3 Å². The van der Waals surface area contributed by atoms with Crippen molar-refractivity contribution in [1.82, 2.24) is 5.32 Å². The molecular formula is C13H19ClN2O. The highest BCUT2D eigenvalue weighted by Gasteiger charge is 2.31. The van der Waals surface area contributed by atoms with Crippen LogP contribution in [0.15, 0.2) is 18.2 Å². The summed E-state index contributed by atoms with van der Waals surface area (Å²) in [7, 11) is 1.93. The van der Waals surface area contributed by atoms with Crippen LogP contribution in [0.25, 0.3) is 0 Å². The fourth-order valence-corrected chi connectivity index (χ4v) is 2.49. The van der Waals surface area contributed by atoms with Gasteiger partial charge in [-0.1, -0.05) is 23.7 Å². The van der Waals surface area contributed by atoms with Crippen LogP contribution in [0.1, 0.15) is 18.4 Å². The first-order valence-electron chi connectivity index (χ1n) is 6.07. The first kappa shape index (κ1) is 12.7. The zero-order valence-electron chi connectivity index (χ0n) is 10.1. The number of para-hydroxylation sites is 1. The average Bonchev–Trinajstić information content (AvgIpc) is 3.12. The van der Waals surface area contributed by atoms with Crippen LogP contribution in [0, 0.1) is 0 Å². The molecule has 0 saturated heterocycles. The molecule has 2 N–H and O–H groups in total. The van der Waals surface area contributed by atoms with Crippen molar-refractivity contribution < 1.29 is 5.11 Å². The average molecular weight is 255 g/mol. The second kappa shape index (κ2) is 5.71. The Morgan fingerprint density at radius 1 is 1.47 bits per heavy atom. The Morgan fingerprint density at radius 2 is 2.24 bits per heavy atom. The van der Waals surface area contributed by atoms with Gasteiger partial charge >= 0.3 is 0 Å². The Kier molecular flexibility index (Phi) is 4.26. The number of aliphatic hydroxyl groups is 1. The normalized spacial score (nSPS) is 15.0. The number of halogens is 1. The van der Waals surface area contributed by atoms with E-state index in [0.717, 1.165) is 17.3 Å². The molecule has 1 aromatic rings. The molecule has 1 aromatic carbocycles. The molecule has 2 rings (SSSR count). The summed E-state index contributed by atoms with van der Waals surface area (Å²) in [6.45, 7) is 1.62. The first-order valence-corrected chi connectivity index (χ1v) is 6.45. The Bertz CT molecular complexity index is 380. The molecule has 3 nitrogen and oxygen atoms in total. The zero-order chi connectivity index (χ0) is 12.3. The minimum absolute atomic E-state index is 0.167. The monoisotopic (exact) mass is 254 g/mol. The number of hydrogen-bond donors (Lipinski definition) is 2. The highest BCUT2D eigenvalue weighted by molar-refractivity contribution is 6.33. The highest BCUT2D eigenvalue weighted by atomic mass is 35.5. The van der Waals surface area contributed by atoms with Crippen molar-refractivity contribution in [3.63, 3.8) is 0 Å². The van der Waals surface area contributed by atoms with Gasteiger partial charge in [-0.25, -0.2) is 0 Å². The third-order valence-electron chi connectivity index (χ3n) is 3.05. The lowest BCUT2D eigenvalue weighted by molar-refractivity contribution is 0.301. The standard InChI is InChI=1S/C13H19ClN2O/c1-15-9-10-3-2-4-12(14)13(10)16(7-8-17)11-5-6-11/h2-4,11,15,17H,5-9H2,1H3. The van der Waals surface area contributed by atoms with Gasteiger partial charge in [0.1, 0.15) is 0 Å². The molecular weight excluding hydrogens is 236 g/mol. The maximum Gasteiger partial charge on any atom is 0.0643 e. The Balaban J connectivity index is 2.32. The van der Waals surface area contributed by atoms with Crippen molar-refractivity contribution in [2.45, 2.75) is 25.4 Å². The molecule has 0 spiro atoms. The molecule has 0 amide bonds. The number of hydrogen-bond acceptors (Lipinski definition) is 3. The number of rotatable bonds is 6. The fourth-order valence-electron chi connectivity index (χ4n) is 2.19. The van der Waals surface area contributed by atoms with E-state index in [4.69, 9.17) is 11.6 Å². The molecule has 1 fully saturated rings. The molecule has 0 bridgehead atoms. The smallest absolute Gasteiger partial charge is 0.0643 e. The van der Waals surface area contributed by atoms with E-state index in [1.54, 1.807) is 0 Å². The number of aliphatic hydroxyl groups excluding tert-OH is 1. The lowest BCUT2D eigenvalue weighted by atomic mass is 10.1. The third kappa shape index (κ3) is 2.92. The maximum atomic E-state index is 9.19. The van der Waals surface area contributed by atoms with Gasteiger partial charge in [0, 0.05) is 19.1 Å². The molecule has 0 atom stereocenters. The molecule has 1 aliphatic carbocycles. The van der Waals surface area contributed by atoms with Gasteiger partial charge in [0.05, 0.1) is 17.3 Å². The summed E-state index contributed by atoms with van der Waals surface area (Å²) in [5.41, 5.74) is 2.28. The Morgan fingerprint density at radius 3 is 2.82 bits per heavy atom. The van der Waals surface area contributed by atoms with Crippen molar-refractivity contribution >= 4 is 17.3 Å². The van der Waals surface area contributed by atoms with E-state index < -0.39 is 0 Å². The van der Waals surface area contributed by atoms with Crippen LogP contribution in [0.2, 0.25) is 5.02 Å². The van der Waals surface area contributed by atoms with Crippen LogP contribution in [0.4, 0.5) is 5.69 Å². The molecule has 0 aliphatic heterocycles. The van der Waals surface area contributed by atoms with Crippen molar-refractivity contribution in [3.05, 3.63) is 28.8 Å². The second-order valence-corrected chi connectivity index (χ2v) is 4.83. The SMILES string of the molecule is CNCc1cccc(Cl)c1N(CCO)C1CC1. The third-order valence-corrected chi connectivity index (χ3v) is 3.36. The maximum absolute atomic E-state index is 9.19. The van der Waals surface area contributed by atoms with Gasteiger partial charge in [0.2, 0.25) is 0 Å². The summed E-state index contributed by atoms with van der Waals surface area (Å²) in [4.78, 5) is 2.25. The van der Waals surface area contributed by atoms with E-state index in [2.05, 4.69) is 16.3 Å². The van der Waals surface area contributed by atoms with Crippen molar-refractivity contribution in [2.24, 2.45) is 0 Å². The molecule has 17 heavy (non-hydrogen) atoms. The summed E-state index contributed by atoms with van der Waals surface area (Å²) in [5, 5.41) is 13.1. The van der Waals surface area contributed by atoms with E-state index in [1.807, 2.05) is 19.2 Å². The van der Waals surface area contributed by atoms with E-state index in [0.29, 0.717) is 12.6 Å². The van der Waals surface area contributed by atoms with Crippen LogP contribution in [0.3, 0.4) is 0 Å². The number of benzene rings is 1. The van der Waals surface area contributed by atoms with Gasteiger partial charge in [0.25, 0.3) is 0 Å². The summed E-state index contributed by atoms with van der Waals surface area (Å²) in [5.74, 6) is 0. The molecule has 0 aromatic heterocycles. The van der Waals surface area contributed by atoms with E-state index >= 15 is 0 Å². The summed E-state index contributed by atoms with van der Waals surface area (Å²) in [6.07, 6.45) is 2.40. The van der Waals surface area contributed by atoms with Crippen LogP contribution < -0.4 is 10.2 Å². The van der Waals surface area contributed by atoms with E-state index in [-0.39, 0.29) is 6.61 Å². The molecule has 0 heterocycles. The lowest BCUT2D eigenvalue weighted by Gasteiger charge is -2.27. The number of anilines is 1. The van der Waals surface area contributed by atoms with E-state index in [9.17, 15) is 5.11 Å². The number of nitrogens with one attached hydrogen (secondary N) is 1. The predicted octanol–water partition coefficient (Wildman–Crippen LogP) is 2.02. The summed E-state index contributed by atoms with van der Waals surface area (Å²) >= 11 is 6.32. The van der Waals surface area contributed by atoms with Gasteiger partial charge in [0.15, 0.2) is 0 Å². The largest absolute Gasteiger partial charge is 0.395 e. The minimum Gasteiger partial charge on any atom is -0.395 e. The first-order chi connectivity index (χ1) is 8.27. The Hall–Kier alpha value is -0.770. The Labute approximate surface area is 107 Å². The minimum atomic E-state index is 0.167. The molecule has 0 radical (unpaired) electrons. The zero-order valence-corrected chi connectivity index (χ0v) is 10.9. The molecule has 1 saturated carbocycles. The topological polar surface area (TPSA) is 35.5 Å². The summed E-state index contributed by atoms with van der Waals surface area (Å²) in [6, 6.07) is 6.54. The van der Waals surface area contributed by atoms with Crippen LogP contribution in [-0.2, 0) is 6.54 Å². The second-order valence-electron chi connectivity index (χ2n) is 4.43. The van der Waals surface area contributed by atoms with Crippen molar-refractivity contribution in [1.29, 1.82) is 0 Å². The van der Waals surface area contributed by atoms with Gasteiger partial charge in [-0.05, 0) is 31.5 Å².